The van der Waals surface area contributed by atoms with Crippen LogP contribution in [-0.2, 0) is 26.2 Å². The van der Waals surface area contributed by atoms with E-state index in [-0.39, 0.29) is 23.4 Å². The lowest BCUT2D eigenvalue weighted by molar-refractivity contribution is -0.140. The van der Waals surface area contributed by atoms with E-state index >= 15 is 0 Å². The molecular formula is C32H39N3O4S. The van der Waals surface area contributed by atoms with Crippen molar-refractivity contribution in [3.63, 3.8) is 0 Å². The van der Waals surface area contributed by atoms with Crippen LogP contribution in [0.2, 0.25) is 0 Å². The van der Waals surface area contributed by atoms with Crippen LogP contribution in [0.25, 0.3) is 0 Å². The minimum Gasteiger partial charge on any atom is -0.352 e. The zero-order valence-corrected chi connectivity index (χ0v) is 24.4. The molecule has 0 bridgehead atoms. The molecule has 0 aliphatic heterocycles. The number of para-hydroxylation sites is 1. The molecule has 3 aromatic carbocycles. The lowest BCUT2D eigenvalue weighted by Crippen LogP contribution is -2.53. The third-order valence-corrected chi connectivity index (χ3v) is 9.46. The predicted octanol–water partition coefficient (Wildman–Crippen LogP) is 5.36. The summed E-state index contributed by atoms with van der Waals surface area (Å²) in [6.07, 6.45) is 4.44. The van der Waals surface area contributed by atoms with Gasteiger partial charge in [-0.3, -0.25) is 13.9 Å². The molecule has 0 spiro atoms. The molecule has 8 heteroatoms. The van der Waals surface area contributed by atoms with E-state index in [9.17, 15) is 18.0 Å². The van der Waals surface area contributed by atoms with Crippen molar-refractivity contribution in [1.29, 1.82) is 0 Å². The number of carbonyl (C=O) groups is 2. The maximum absolute atomic E-state index is 14.2. The van der Waals surface area contributed by atoms with Gasteiger partial charge in [-0.15, -0.1) is 0 Å². The summed E-state index contributed by atoms with van der Waals surface area (Å²) in [4.78, 5) is 29.4. The topological polar surface area (TPSA) is 86.8 Å². The van der Waals surface area contributed by atoms with E-state index in [1.54, 1.807) is 35.2 Å². The van der Waals surface area contributed by atoms with E-state index in [1.807, 2.05) is 57.2 Å². The molecule has 1 saturated carbocycles. The van der Waals surface area contributed by atoms with Gasteiger partial charge in [0.15, 0.2) is 0 Å². The summed E-state index contributed by atoms with van der Waals surface area (Å²) < 4.78 is 29.0. The van der Waals surface area contributed by atoms with Crippen LogP contribution in [0, 0.1) is 13.8 Å². The molecule has 3 aromatic rings. The number of sulfonamides is 1. The first-order valence-electron chi connectivity index (χ1n) is 14.0. The lowest BCUT2D eigenvalue weighted by Gasteiger charge is -2.34. The smallest absolute Gasteiger partial charge is 0.264 e. The molecule has 2 amide bonds. The zero-order valence-electron chi connectivity index (χ0n) is 23.5. The van der Waals surface area contributed by atoms with Crippen molar-refractivity contribution >= 4 is 27.5 Å². The number of hydrogen-bond donors (Lipinski definition) is 1. The Morgan fingerprint density at radius 3 is 2.10 bits per heavy atom. The zero-order chi connectivity index (χ0) is 28.7. The second-order valence-corrected chi connectivity index (χ2v) is 12.3. The Balaban J connectivity index is 1.72. The second kappa shape index (κ2) is 13.1. The van der Waals surface area contributed by atoms with Crippen molar-refractivity contribution in [1.82, 2.24) is 10.2 Å². The molecule has 0 saturated heterocycles. The molecule has 0 radical (unpaired) electrons. The maximum Gasteiger partial charge on any atom is 0.264 e. The highest BCUT2D eigenvalue weighted by atomic mass is 32.2. The molecule has 1 aliphatic rings. The summed E-state index contributed by atoms with van der Waals surface area (Å²) in [5, 5.41) is 3.15. The standard InChI is InChI=1S/C32H39N3O4S/c1-4-29(32(37)33-27-17-11-12-18-27)34(22-26-16-10-8-14-24(26)2)31(36)23-35(30-21-13-9-15-25(30)3)40(38,39)28-19-6-5-7-20-28/h5-10,13-16,19-21,27,29H,4,11-12,17-18,22-23H2,1-3H3,(H,33,37). The van der Waals surface area contributed by atoms with Crippen molar-refractivity contribution in [2.24, 2.45) is 0 Å². The number of aryl methyl sites for hydroxylation is 2. The third kappa shape index (κ3) is 6.73. The first-order valence-corrected chi connectivity index (χ1v) is 15.4. The number of amides is 2. The van der Waals surface area contributed by atoms with Gasteiger partial charge in [0, 0.05) is 12.6 Å². The molecule has 4 rings (SSSR count). The monoisotopic (exact) mass is 561 g/mol. The van der Waals surface area contributed by atoms with Crippen LogP contribution in [0.3, 0.4) is 0 Å². The average molecular weight is 562 g/mol. The van der Waals surface area contributed by atoms with Crippen LogP contribution < -0.4 is 9.62 Å². The Morgan fingerprint density at radius 1 is 0.875 bits per heavy atom. The van der Waals surface area contributed by atoms with Gasteiger partial charge < -0.3 is 10.2 Å². The summed E-state index contributed by atoms with van der Waals surface area (Å²) in [7, 11) is -4.07. The highest BCUT2D eigenvalue weighted by molar-refractivity contribution is 7.92. The van der Waals surface area contributed by atoms with E-state index in [0.29, 0.717) is 12.1 Å². The van der Waals surface area contributed by atoms with Gasteiger partial charge in [0.1, 0.15) is 12.6 Å². The highest BCUT2D eigenvalue weighted by Crippen LogP contribution is 2.28. The first kappa shape index (κ1) is 29.3. The van der Waals surface area contributed by atoms with Crippen molar-refractivity contribution in [2.45, 2.75) is 76.4 Å². The Bertz CT molecular complexity index is 1420. The van der Waals surface area contributed by atoms with Gasteiger partial charge in [-0.25, -0.2) is 8.42 Å². The van der Waals surface area contributed by atoms with E-state index in [1.165, 1.54) is 16.4 Å². The Hall–Kier alpha value is -3.65. The van der Waals surface area contributed by atoms with Gasteiger partial charge in [0.2, 0.25) is 11.8 Å². The van der Waals surface area contributed by atoms with E-state index in [4.69, 9.17) is 0 Å². The fourth-order valence-corrected chi connectivity index (χ4v) is 6.83. The van der Waals surface area contributed by atoms with Crippen molar-refractivity contribution in [3.05, 3.63) is 95.6 Å². The Labute approximate surface area is 238 Å². The number of benzene rings is 3. The molecule has 0 aromatic heterocycles. The van der Waals surface area contributed by atoms with Crippen LogP contribution in [0.1, 0.15) is 55.7 Å². The van der Waals surface area contributed by atoms with E-state index in [2.05, 4.69) is 5.32 Å². The lowest BCUT2D eigenvalue weighted by atomic mass is 10.1. The van der Waals surface area contributed by atoms with Crippen LogP contribution in [0.5, 0.6) is 0 Å². The molecule has 40 heavy (non-hydrogen) atoms. The molecule has 1 N–H and O–H groups in total. The molecular weight excluding hydrogens is 522 g/mol. The van der Waals surface area contributed by atoms with Gasteiger partial charge in [-0.2, -0.15) is 0 Å². The van der Waals surface area contributed by atoms with Gasteiger partial charge in [-0.1, -0.05) is 80.4 Å². The number of hydrogen-bond acceptors (Lipinski definition) is 4. The number of nitrogens with one attached hydrogen (secondary N) is 1. The molecule has 1 fully saturated rings. The normalized spacial score (nSPS) is 14.5. The number of carbonyl (C=O) groups excluding carboxylic acids is 2. The van der Waals surface area contributed by atoms with Gasteiger partial charge in [0.25, 0.3) is 10.0 Å². The van der Waals surface area contributed by atoms with Gasteiger partial charge in [0.05, 0.1) is 10.6 Å². The molecule has 7 nitrogen and oxygen atoms in total. The number of anilines is 1. The largest absolute Gasteiger partial charge is 0.352 e. The summed E-state index contributed by atoms with van der Waals surface area (Å²) in [6.45, 7) is 5.45. The first-order chi connectivity index (χ1) is 19.2. The molecule has 212 valence electrons. The average Bonchev–Trinajstić information content (AvgIpc) is 3.46. The van der Waals surface area contributed by atoms with Crippen LogP contribution >= 0.6 is 0 Å². The van der Waals surface area contributed by atoms with Crippen molar-refractivity contribution < 1.29 is 18.0 Å². The predicted molar refractivity (Wildman–Crippen MR) is 158 cm³/mol. The highest BCUT2D eigenvalue weighted by Gasteiger charge is 2.35. The van der Waals surface area contributed by atoms with Crippen molar-refractivity contribution in [2.75, 3.05) is 10.8 Å². The minimum absolute atomic E-state index is 0.0996. The molecule has 1 aliphatic carbocycles. The Kier molecular flexibility index (Phi) is 9.63. The second-order valence-electron chi connectivity index (χ2n) is 10.5. The Morgan fingerprint density at radius 2 is 1.48 bits per heavy atom. The third-order valence-electron chi connectivity index (χ3n) is 7.68. The number of rotatable bonds is 11. The quantitative estimate of drug-likeness (QED) is 0.341. The van der Waals surface area contributed by atoms with Gasteiger partial charge >= 0.3 is 0 Å². The fraction of sp³-hybridized carbons (Fsp3) is 0.375. The molecule has 1 atom stereocenters. The number of nitrogens with zero attached hydrogens (tertiary/aromatic N) is 2. The SMILES string of the molecule is CCC(C(=O)NC1CCCC1)N(Cc1ccccc1C)C(=O)CN(c1ccccc1C)S(=O)(=O)c1ccccc1. The minimum atomic E-state index is -4.07. The summed E-state index contributed by atoms with van der Waals surface area (Å²) in [6, 6.07) is 22.4. The van der Waals surface area contributed by atoms with Crippen LogP contribution in [-0.4, -0.2) is 43.8 Å². The van der Waals surface area contributed by atoms with Crippen molar-refractivity contribution in [3.8, 4) is 0 Å². The van der Waals surface area contributed by atoms with E-state index < -0.39 is 28.5 Å². The fourth-order valence-electron chi connectivity index (χ4n) is 5.33. The molecule has 0 heterocycles. The van der Waals surface area contributed by atoms with Gasteiger partial charge in [-0.05, 0) is 68.0 Å². The van der Waals surface area contributed by atoms with Crippen LogP contribution in [0.15, 0.2) is 83.8 Å². The summed E-state index contributed by atoms with van der Waals surface area (Å²) in [5.41, 5.74) is 3.07. The molecule has 1 unspecified atom stereocenters. The maximum atomic E-state index is 14.2. The van der Waals surface area contributed by atoms with Crippen LogP contribution in [0.4, 0.5) is 5.69 Å². The summed E-state index contributed by atoms with van der Waals surface area (Å²) >= 11 is 0. The summed E-state index contributed by atoms with van der Waals surface area (Å²) in [5.74, 6) is -0.621. The van der Waals surface area contributed by atoms with E-state index in [0.717, 1.165) is 42.4 Å².